The number of primary amides is 1. The summed E-state index contributed by atoms with van der Waals surface area (Å²) in [6, 6.07) is 3.05. The van der Waals surface area contributed by atoms with Crippen LogP contribution in [0.4, 0.5) is 4.79 Å². The first kappa shape index (κ1) is 20.5. The molecule has 2 fully saturated rings. The predicted octanol–water partition coefficient (Wildman–Crippen LogP) is 0.0459. The van der Waals surface area contributed by atoms with Crippen LogP contribution < -0.4 is 15.8 Å². The maximum Gasteiger partial charge on any atom is 0.416 e. The van der Waals surface area contributed by atoms with Gasteiger partial charge in [0.15, 0.2) is 0 Å². The number of piperidine rings is 1. The Labute approximate surface area is 164 Å². The number of pyridine rings is 1. The van der Waals surface area contributed by atoms with E-state index in [-0.39, 0.29) is 30.1 Å². The van der Waals surface area contributed by atoms with Gasteiger partial charge in [0.25, 0.3) is 0 Å². The molecule has 1 aromatic rings. The first-order valence-corrected chi connectivity index (χ1v) is 9.79. The lowest BCUT2D eigenvalue weighted by Gasteiger charge is -2.46. The Morgan fingerprint density at radius 2 is 2.11 bits per heavy atom. The number of nitrogens with zero attached hydrogens (tertiary/aromatic N) is 3. The highest BCUT2D eigenvalue weighted by molar-refractivity contribution is 5.92. The first-order chi connectivity index (χ1) is 13.5. The quantitative estimate of drug-likeness (QED) is 0.648. The Bertz CT molecular complexity index is 677. The fourth-order valence-electron chi connectivity index (χ4n) is 3.94. The molecule has 2 saturated heterocycles. The molecule has 1 aromatic heterocycles. The normalized spacial score (nSPS) is 22.6. The molecule has 2 atom stereocenters. The molecular formula is C19H29N5O4. The lowest BCUT2D eigenvalue weighted by atomic mass is 9.87. The summed E-state index contributed by atoms with van der Waals surface area (Å²) < 4.78 is 5.47. The smallest absolute Gasteiger partial charge is 0.395 e. The van der Waals surface area contributed by atoms with E-state index in [1.54, 1.807) is 4.90 Å². The molecule has 3 rings (SSSR count). The number of amides is 2. The number of nitrogens with one attached hydrogen (secondary N) is 1. The van der Waals surface area contributed by atoms with Crippen LogP contribution >= 0.6 is 0 Å². The maximum absolute atomic E-state index is 12.9. The van der Waals surface area contributed by atoms with E-state index in [2.05, 4.69) is 15.2 Å². The molecule has 2 unspecified atom stereocenters. The van der Waals surface area contributed by atoms with Gasteiger partial charge >= 0.3 is 6.09 Å². The average molecular weight is 391 g/mol. The van der Waals surface area contributed by atoms with Crippen molar-refractivity contribution < 1.29 is 19.4 Å². The monoisotopic (exact) mass is 391 g/mol. The summed E-state index contributed by atoms with van der Waals surface area (Å²) in [5.74, 6) is -0.0524. The number of rotatable bonds is 5. The highest BCUT2D eigenvalue weighted by Crippen LogP contribution is 2.26. The molecule has 0 radical (unpaired) electrons. The number of ether oxygens (including phenoxy) is 1. The van der Waals surface area contributed by atoms with Crippen LogP contribution in [0.25, 0.3) is 0 Å². The average Bonchev–Trinajstić information content (AvgIpc) is 2.73. The summed E-state index contributed by atoms with van der Waals surface area (Å²) in [5, 5.41) is 12.9. The summed E-state index contributed by atoms with van der Waals surface area (Å²) in [6.07, 6.45) is 2.87. The predicted molar refractivity (Wildman–Crippen MR) is 103 cm³/mol. The molecule has 0 saturated carbocycles. The standard InChI is InChI=1S/C19H29N5O4/c1-13(12-25)23-8-9-24(16(11-23)14-4-6-21-7-5-14)19(27)28-17-3-2-15(10-22-17)18(20)26/h2-3,10,13-14,16,21,25H,4-9,11-12H2,1H3,(H2,20,26). The number of piperazine rings is 1. The number of nitrogens with two attached hydrogens (primary N) is 1. The first-order valence-electron chi connectivity index (χ1n) is 9.79. The number of hydrogen-bond acceptors (Lipinski definition) is 7. The van der Waals surface area contributed by atoms with Gasteiger partial charge in [0.1, 0.15) is 0 Å². The molecule has 28 heavy (non-hydrogen) atoms. The molecule has 0 aromatic carbocycles. The van der Waals surface area contributed by atoms with E-state index in [9.17, 15) is 14.7 Å². The molecule has 0 aliphatic carbocycles. The summed E-state index contributed by atoms with van der Waals surface area (Å²) in [7, 11) is 0. The third-order valence-electron chi connectivity index (χ3n) is 5.71. The highest BCUT2D eigenvalue weighted by atomic mass is 16.6. The van der Waals surface area contributed by atoms with E-state index in [1.807, 2.05) is 6.92 Å². The van der Waals surface area contributed by atoms with E-state index in [0.29, 0.717) is 19.0 Å². The SMILES string of the molecule is CC(CO)N1CCN(C(=O)Oc2ccc(C(N)=O)cn2)C(C2CCNCC2)C1. The minimum Gasteiger partial charge on any atom is -0.395 e. The second kappa shape index (κ2) is 9.31. The van der Waals surface area contributed by atoms with Crippen molar-refractivity contribution in [1.29, 1.82) is 0 Å². The zero-order chi connectivity index (χ0) is 20.1. The Morgan fingerprint density at radius 3 is 2.71 bits per heavy atom. The van der Waals surface area contributed by atoms with Crippen LogP contribution in [-0.2, 0) is 0 Å². The molecule has 2 aliphatic rings. The summed E-state index contributed by atoms with van der Waals surface area (Å²) in [4.78, 5) is 32.1. The van der Waals surface area contributed by atoms with Crippen LogP contribution in [0.2, 0.25) is 0 Å². The van der Waals surface area contributed by atoms with E-state index in [4.69, 9.17) is 10.5 Å². The Hall–Kier alpha value is -2.23. The summed E-state index contributed by atoms with van der Waals surface area (Å²) in [5.41, 5.74) is 5.47. The highest BCUT2D eigenvalue weighted by Gasteiger charge is 2.38. The fraction of sp³-hybridized carbons (Fsp3) is 0.632. The number of carbonyl (C=O) groups is 2. The van der Waals surface area contributed by atoms with Gasteiger partial charge in [0.2, 0.25) is 11.8 Å². The molecule has 2 amide bonds. The third kappa shape index (κ3) is 4.78. The zero-order valence-electron chi connectivity index (χ0n) is 16.2. The van der Waals surface area contributed by atoms with E-state index >= 15 is 0 Å². The van der Waals surface area contributed by atoms with Gasteiger partial charge < -0.3 is 25.8 Å². The number of aliphatic hydroxyl groups excluding tert-OH is 1. The Morgan fingerprint density at radius 1 is 1.36 bits per heavy atom. The van der Waals surface area contributed by atoms with Crippen molar-refractivity contribution in [3.8, 4) is 5.88 Å². The largest absolute Gasteiger partial charge is 0.416 e. The van der Waals surface area contributed by atoms with Gasteiger partial charge in [-0.1, -0.05) is 0 Å². The van der Waals surface area contributed by atoms with E-state index in [0.717, 1.165) is 32.5 Å². The van der Waals surface area contributed by atoms with Gasteiger partial charge in [-0.25, -0.2) is 9.78 Å². The third-order valence-corrected chi connectivity index (χ3v) is 5.71. The fourth-order valence-corrected chi connectivity index (χ4v) is 3.94. The van der Waals surface area contributed by atoms with E-state index in [1.165, 1.54) is 18.3 Å². The number of carbonyl (C=O) groups excluding carboxylic acids is 2. The van der Waals surface area contributed by atoms with Crippen molar-refractivity contribution in [3.63, 3.8) is 0 Å². The molecule has 0 bridgehead atoms. The molecule has 9 nitrogen and oxygen atoms in total. The lowest BCUT2D eigenvalue weighted by molar-refractivity contribution is 0.0130. The summed E-state index contributed by atoms with van der Waals surface area (Å²) >= 11 is 0. The van der Waals surface area contributed by atoms with Crippen molar-refractivity contribution in [3.05, 3.63) is 23.9 Å². The van der Waals surface area contributed by atoms with Crippen molar-refractivity contribution in [1.82, 2.24) is 20.1 Å². The molecule has 0 spiro atoms. The van der Waals surface area contributed by atoms with Gasteiger partial charge in [-0.3, -0.25) is 9.69 Å². The van der Waals surface area contributed by atoms with Gasteiger partial charge in [-0.15, -0.1) is 0 Å². The van der Waals surface area contributed by atoms with Crippen molar-refractivity contribution in [2.24, 2.45) is 11.7 Å². The van der Waals surface area contributed by atoms with Crippen LogP contribution in [0.1, 0.15) is 30.1 Å². The van der Waals surface area contributed by atoms with Gasteiger partial charge in [-0.2, -0.15) is 0 Å². The molecule has 154 valence electrons. The Balaban J connectivity index is 1.71. The van der Waals surface area contributed by atoms with Crippen molar-refractivity contribution >= 4 is 12.0 Å². The van der Waals surface area contributed by atoms with Crippen LogP contribution in [0.15, 0.2) is 18.3 Å². The van der Waals surface area contributed by atoms with Crippen LogP contribution in [0.3, 0.4) is 0 Å². The molecule has 9 heteroatoms. The maximum atomic E-state index is 12.9. The second-order valence-corrected chi connectivity index (χ2v) is 7.49. The zero-order valence-corrected chi connectivity index (χ0v) is 16.2. The number of aliphatic hydroxyl groups is 1. The Kier molecular flexibility index (Phi) is 6.82. The second-order valence-electron chi connectivity index (χ2n) is 7.49. The van der Waals surface area contributed by atoms with Crippen molar-refractivity contribution in [2.45, 2.75) is 31.8 Å². The van der Waals surface area contributed by atoms with Gasteiger partial charge in [-0.05, 0) is 44.8 Å². The van der Waals surface area contributed by atoms with Crippen LogP contribution in [-0.4, -0.2) is 83.3 Å². The van der Waals surface area contributed by atoms with E-state index < -0.39 is 12.0 Å². The molecule has 4 N–H and O–H groups in total. The lowest BCUT2D eigenvalue weighted by Crippen LogP contribution is -2.61. The number of aromatic nitrogens is 1. The molecule has 3 heterocycles. The minimum atomic E-state index is -0.578. The van der Waals surface area contributed by atoms with Gasteiger partial charge in [0.05, 0.1) is 18.2 Å². The molecular weight excluding hydrogens is 362 g/mol. The minimum absolute atomic E-state index is 0.0299. The topological polar surface area (TPSA) is 121 Å². The van der Waals surface area contributed by atoms with Crippen LogP contribution in [0.5, 0.6) is 5.88 Å². The van der Waals surface area contributed by atoms with Crippen molar-refractivity contribution in [2.75, 3.05) is 39.3 Å². The van der Waals surface area contributed by atoms with Gasteiger partial charge in [0, 0.05) is 37.9 Å². The molecule has 2 aliphatic heterocycles. The number of hydrogen-bond donors (Lipinski definition) is 3. The summed E-state index contributed by atoms with van der Waals surface area (Å²) in [6.45, 7) is 5.92. The van der Waals surface area contributed by atoms with Crippen LogP contribution in [0, 0.1) is 5.92 Å².